The van der Waals surface area contributed by atoms with E-state index in [2.05, 4.69) is 12.2 Å². The molecule has 3 nitrogen and oxygen atoms in total. The SMILES string of the molecule is CCC1CCCC(Nc2ccccc2F)(C(=O)O)C1. The number of carboxylic acid groups (broad SMARTS) is 1. The molecule has 1 aromatic carbocycles. The minimum atomic E-state index is -1.03. The Morgan fingerprint density at radius 3 is 2.89 bits per heavy atom. The van der Waals surface area contributed by atoms with Gasteiger partial charge in [-0.05, 0) is 30.9 Å². The molecule has 2 rings (SSSR count). The van der Waals surface area contributed by atoms with Gasteiger partial charge in [0.15, 0.2) is 0 Å². The van der Waals surface area contributed by atoms with Crippen LogP contribution in [-0.4, -0.2) is 16.6 Å². The van der Waals surface area contributed by atoms with Gasteiger partial charge in [0.1, 0.15) is 11.4 Å². The van der Waals surface area contributed by atoms with E-state index < -0.39 is 17.3 Å². The minimum absolute atomic E-state index is 0.279. The Kier molecular flexibility index (Phi) is 4.08. The number of carboxylic acids is 1. The summed E-state index contributed by atoms with van der Waals surface area (Å²) in [6.07, 6.45) is 4.01. The number of benzene rings is 1. The molecule has 0 aliphatic heterocycles. The van der Waals surface area contributed by atoms with Crippen molar-refractivity contribution in [3.63, 3.8) is 0 Å². The first-order valence-electron chi connectivity index (χ1n) is 6.83. The minimum Gasteiger partial charge on any atom is -0.480 e. The Hall–Kier alpha value is -1.58. The van der Waals surface area contributed by atoms with Crippen molar-refractivity contribution in [3.05, 3.63) is 30.1 Å². The first-order valence-corrected chi connectivity index (χ1v) is 6.83. The Labute approximate surface area is 112 Å². The molecule has 104 valence electrons. The van der Waals surface area contributed by atoms with E-state index in [9.17, 15) is 14.3 Å². The van der Waals surface area contributed by atoms with Gasteiger partial charge in [0.05, 0.1) is 5.69 Å². The standard InChI is InChI=1S/C15H20FNO2/c1-2-11-6-5-9-15(10-11,14(18)19)17-13-8-4-3-7-12(13)16/h3-4,7-8,11,17H,2,5-6,9-10H2,1H3,(H,18,19). The van der Waals surface area contributed by atoms with Crippen molar-refractivity contribution in [2.24, 2.45) is 5.92 Å². The molecule has 4 heteroatoms. The zero-order chi connectivity index (χ0) is 13.9. The third kappa shape index (κ3) is 2.88. The molecule has 0 spiro atoms. The van der Waals surface area contributed by atoms with Crippen molar-refractivity contribution in [1.82, 2.24) is 0 Å². The summed E-state index contributed by atoms with van der Waals surface area (Å²) in [6.45, 7) is 2.08. The highest BCUT2D eigenvalue weighted by molar-refractivity contribution is 5.83. The molecule has 0 aromatic heterocycles. The number of nitrogens with one attached hydrogen (secondary N) is 1. The van der Waals surface area contributed by atoms with Crippen LogP contribution in [0.25, 0.3) is 0 Å². The van der Waals surface area contributed by atoms with Crippen LogP contribution in [0.4, 0.5) is 10.1 Å². The fourth-order valence-electron chi connectivity index (χ4n) is 2.92. The van der Waals surface area contributed by atoms with Crippen LogP contribution in [0.15, 0.2) is 24.3 Å². The molecule has 1 aliphatic carbocycles. The molecule has 1 aliphatic rings. The fraction of sp³-hybridized carbons (Fsp3) is 0.533. The van der Waals surface area contributed by atoms with Crippen LogP contribution >= 0.6 is 0 Å². The molecule has 0 saturated heterocycles. The Balaban J connectivity index is 2.25. The van der Waals surface area contributed by atoms with Gasteiger partial charge in [0.25, 0.3) is 0 Å². The molecule has 0 radical (unpaired) electrons. The second kappa shape index (κ2) is 5.59. The number of hydrogen-bond donors (Lipinski definition) is 2. The molecular weight excluding hydrogens is 245 g/mol. The molecule has 1 aromatic rings. The molecule has 0 heterocycles. The maximum Gasteiger partial charge on any atom is 0.329 e. The summed E-state index contributed by atoms with van der Waals surface area (Å²) in [6, 6.07) is 6.25. The lowest BCUT2D eigenvalue weighted by atomic mass is 9.74. The van der Waals surface area contributed by atoms with Crippen molar-refractivity contribution in [3.8, 4) is 0 Å². The van der Waals surface area contributed by atoms with Crippen LogP contribution in [-0.2, 0) is 4.79 Å². The van der Waals surface area contributed by atoms with E-state index in [-0.39, 0.29) is 5.69 Å². The van der Waals surface area contributed by atoms with Gasteiger partial charge in [-0.15, -0.1) is 0 Å². The van der Waals surface area contributed by atoms with Gasteiger partial charge in [-0.3, -0.25) is 0 Å². The average Bonchev–Trinajstić information content (AvgIpc) is 2.41. The normalized spacial score (nSPS) is 26.9. The molecule has 2 unspecified atom stereocenters. The smallest absolute Gasteiger partial charge is 0.329 e. The van der Waals surface area contributed by atoms with E-state index in [1.54, 1.807) is 18.2 Å². The van der Waals surface area contributed by atoms with Gasteiger partial charge in [0, 0.05) is 0 Å². The van der Waals surface area contributed by atoms with Gasteiger partial charge >= 0.3 is 5.97 Å². The van der Waals surface area contributed by atoms with Crippen molar-refractivity contribution >= 4 is 11.7 Å². The number of aliphatic carboxylic acids is 1. The summed E-state index contributed by atoms with van der Waals surface area (Å²) in [4.78, 5) is 11.7. The Morgan fingerprint density at radius 2 is 2.26 bits per heavy atom. The predicted molar refractivity (Wildman–Crippen MR) is 72.6 cm³/mol. The van der Waals surface area contributed by atoms with Gasteiger partial charge in [-0.2, -0.15) is 0 Å². The first-order chi connectivity index (χ1) is 9.07. The zero-order valence-corrected chi connectivity index (χ0v) is 11.2. The topological polar surface area (TPSA) is 49.3 Å². The van der Waals surface area contributed by atoms with Crippen LogP contribution in [0, 0.1) is 11.7 Å². The monoisotopic (exact) mass is 265 g/mol. The highest BCUT2D eigenvalue weighted by Gasteiger charge is 2.42. The number of hydrogen-bond acceptors (Lipinski definition) is 2. The van der Waals surface area contributed by atoms with Gasteiger partial charge in [-0.1, -0.05) is 38.3 Å². The van der Waals surface area contributed by atoms with E-state index in [1.807, 2.05) is 0 Å². The van der Waals surface area contributed by atoms with Crippen molar-refractivity contribution in [1.29, 1.82) is 0 Å². The van der Waals surface area contributed by atoms with Gasteiger partial charge < -0.3 is 10.4 Å². The Morgan fingerprint density at radius 1 is 1.53 bits per heavy atom. The first kappa shape index (κ1) is 13.8. The average molecular weight is 265 g/mol. The van der Waals surface area contributed by atoms with Crippen molar-refractivity contribution in [2.45, 2.75) is 44.6 Å². The molecule has 0 amide bonds. The van der Waals surface area contributed by atoms with E-state index in [0.717, 1.165) is 19.3 Å². The maximum absolute atomic E-state index is 13.7. The summed E-state index contributed by atoms with van der Waals surface area (Å²) < 4.78 is 13.7. The van der Waals surface area contributed by atoms with E-state index >= 15 is 0 Å². The van der Waals surface area contributed by atoms with Crippen molar-refractivity contribution in [2.75, 3.05) is 5.32 Å². The summed E-state index contributed by atoms with van der Waals surface area (Å²) in [5.74, 6) is -0.889. The van der Waals surface area contributed by atoms with E-state index in [4.69, 9.17) is 0 Å². The third-order valence-corrected chi connectivity index (χ3v) is 4.09. The predicted octanol–water partition coefficient (Wildman–Crippen LogP) is 3.66. The molecule has 19 heavy (non-hydrogen) atoms. The van der Waals surface area contributed by atoms with Crippen LogP contribution < -0.4 is 5.32 Å². The van der Waals surface area contributed by atoms with Gasteiger partial charge in [0.2, 0.25) is 0 Å². The molecule has 1 saturated carbocycles. The quantitative estimate of drug-likeness (QED) is 0.873. The van der Waals surface area contributed by atoms with E-state index in [0.29, 0.717) is 18.8 Å². The van der Waals surface area contributed by atoms with Crippen molar-refractivity contribution < 1.29 is 14.3 Å². The lowest BCUT2D eigenvalue weighted by Gasteiger charge is -2.38. The number of carbonyl (C=O) groups is 1. The zero-order valence-electron chi connectivity index (χ0n) is 11.2. The van der Waals surface area contributed by atoms with Crippen LogP contribution in [0.1, 0.15) is 39.0 Å². The highest BCUT2D eigenvalue weighted by atomic mass is 19.1. The lowest BCUT2D eigenvalue weighted by Crippen LogP contribution is -2.50. The number of anilines is 1. The highest BCUT2D eigenvalue weighted by Crippen LogP contribution is 2.37. The number of rotatable bonds is 4. The summed E-state index contributed by atoms with van der Waals surface area (Å²) in [5.41, 5.74) is -0.747. The molecule has 0 bridgehead atoms. The van der Waals surface area contributed by atoms with Gasteiger partial charge in [-0.25, -0.2) is 9.18 Å². The largest absolute Gasteiger partial charge is 0.480 e. The van der Waals surface area contributed by atoms with E-state index in [1.165, 1.54) is 6.07 Å². The lowest BCUT2D eigenvalue weighted by molar-refractivity contribution is -0.144. The third-order valence-electron chi connectivity index (χ3n) is 4.09. The summed E-state index contributed by atoms with van der Waals surface area (Å²) in [7, 11) is 0. The molecule has 2 atom stereocenters. The molecule has 2 N–H and O–H groups in total. The van der Waals surface area contributed by atoms with Crippen LogP contribution in [0.3, 0.4) is 0 Å². The number of para-hydroxylation sites is 1. The second-order valence-electron chi connectivity index (χ2n) is 5.36. The molecular formula is C15H20FNO2. The maximum atomic E-state index is 13.7. The summed E-state index contributed by atoms with van der Waals surface area (Å²) in [5, 5.41) is 12.5. The fourth-order valence-corrected chi connectivity index (χ4v) is 2.92. The molecule has 1 fully saturated rings. The Bertz CT molecular complexity index is 463. The van der Waals surface area contributed by atoms with Crippen LogP contribution in [0.5, 0.6) is 0 Å². The number of halogens is 1. The van der Waals surface area contributed by atoms with Crippen LogP contribution in [0.2, 0.25) is 0 Å². The summed E-state index contributed by atoms with van der Waals surface area (Å²) >= 11 is 0. The second-order valence-corrected chi connectivity index (χ2v) is 5.36.